The summed E-state index contributed by atoms with van der Waals surface area (Å²) < 4.78 is 45.7. The summed E-state index contributed by atoms with van der Waals surface area (Å²) in [5.74, 6) is -1.32. The predicted molar refractivity (Wildman–Crippen MR) is 95.0 cm³/mol. The number of carbonyl (C=O) groups is 1. The van der Waals surface area contributed by atoms with Gasteiger partial charge >= 0.3 is 12.1 Å². The molecule has 1 aliphatic heterocycles. The van der Waals surface area contributed by atoms with Crippen molar-refractivity contribution in [2.45, 2.75) is 25.1 Å². The lowest BCUT2D eigenvalue weighted by Gasteiger charge is -2.32. The van der Waals surface area contributed by atoms with E-state index in [1.54, 1.807) is 18.2 Å². The van der Waals surface area contributed by atoms with Gasteiger partial charge in [-0.25, -0.2) is 4.79 Å². The minimum absolute atomic E-state index is 0.0256. The Morgan fingerprint density at radius 2 is 1.90 bits per heavy atom. The van der Waals surface area contributed by atoms with Gasteiger partial charge in [0.25, 0.3) is 5.82 Å². The number of alkyl halides is 3. The number of ether oxygens (including phenoxy) is 1. The number of aromatic nitrogens is 4. The van der Waals surface area contributed by atoms with Crippen LogP contribution in [0.1, 0.15) is 29.0 Å². The van der Waals surface area contributed by atoms with Crippen molar-refractivity contribution in [3.05, 3.63) is 47.8 Å². The van der Waals surface area contributed by atoms with Crippen LogP contribution in [0, 0.1) is 0 Å². The molecule has 29 heavy (non-hydrogen) atoms. The summed E-state index contributed by atoms with van der Waals surface area (Å²) >= 11 is 0. The highest BCUT2D eigenvalue weighted by molar-refractivity contribution is 5.88. The van der Waals surface area contributed by atoms with Crippen LogP contribution in [0.25, 0.3) is 5.65 Å². The van der Waals surface area contributed by atoms with Crippen molar-refractivity contribution in [3.8, 4) is 5.75 Å². The van der Waals surface area contributed by atoms with Gasteiger partial charge in [-0.1, -0.05) is 6.07 Å². The Hall–Kier alpha value is -3.37. The Bertz CT molecular complexity index is 1040. The minimum Gasteiger partial charge on any atom is -0.490 e. The van der Waals surface area contributed by atoms with Crippen LogP contribution in [0.2, 0.25) is 0 Å². The van der Waals surface area contributed by atoms with Gasteiger partial charge in [-0.2, -0.15) is 17.7 Å². The van der Waals surface area contributed by atoms with E-state index in [4.69, 9.17) is 9.84 Å². The monoisotopic (exact) mass is 407 g/mol. The highest BCUT2D eigenvalue weighted by Gasteiger charge is 2.38. The average molecular weight is 407 g/mol. The number of hydrogen-bond acceptors (Lipinski definition) is 6. The molecule has 4 rings (SSSR count). The minimum atomic E-state index is -4.64. The maximum absolute atomic E-state index is 13.0. The zero-order chi connectivity index (χ0) is 20.6. The first-order valence-electron chi connectivity index (χ1n) is 8.86. The van der Waals surface area contributed by atoms with E-state index < -0.39 is 18.0 Å². The van der Waals surface area contributed by atoms with Crippen LogP contribution in [0.5, 0.6) is 5.75 Å². The molecule has 1 saturated heterocycles. The molecule has 0 spiro atoms. The molecule has 0 atom stereocenters. The molecule has 3 heterocycles. The Morgan fingerprint density at radius 1 is 1.14 bits per heavy atom. The van der Waals surface area contributed by atoms with E-state index in [0.717, 1.165) is 0 Å². The molecule has 11 heteroatoms. The number of carboxylic acids is 1. The third-order valence-electron chi connectivity index (χ3n) is 4.65. The summed E-state index contributed by atoms with van der Waals surface area (Å²) in [5.41, 5.74) is 0.171. The number of carboxylic acid groups (broad SMARTS) is 1. The van der Waals surface area contributed by atoms with Gasteiger partial charge in [0.05, 0.1) is 5.56 Å². The first-order valence-corrected chi connectivity index (χ1v) is 8.86. The number of halogens is 3. The number of rotatable bonds is 4. The largest absolute Gasteiger partial charge is 0.490 e. The maximum Gasteiger partial charge on any atom is 0.453 e. The average Bonchev–Trinajstić information content (AvgIpc) is 3.12. The number of anilines is 1. The van der Waals surface area contributed by atoms with Crippen molar-refractivity contribution in [3.63, 3.8) is 0 Å². The van der Waals surface area contributed by atoms with Gasteiger partial charge in [0, 0.05) is 25.9 Å². The quantitative estimate of drug-likeness (QED) is 0.711. The second-order valence-corrected chi connectivity index (χ2v) is 6.62. The third kappa shape index (κ3) is 3.93. The van der Waals surface area contributed by atoms with Gasteiger partial charge in [0.2, 0.25) is 0 Å². The Balaban J connectivity index is 1.44. The van der Waals surface area contributed by atoms with Crippen molar-refractivity contribution in [2.75, 3.05) is 18.0 Å². The fourth-order valence-electron chi connectivity index (χ4n) is 3.22. The SMILES string of the molecule is O=C(O)c1cccc(OC2CCN(c3ccc4nnc(C(F)(F)F)n4n3)CC2)c1. The molecular weight excluding hydrogens is 391 g/mol. The fourth-order valence-corrected chi connectivity index (χ4v) is 3.22. The normalized spacial score (nSPS) is 15.6. The third-order valence-corrected chi connectivity index (χ3v) is 4.65. The van der Waals surface area contributed by atoms with Gasteiger partial charge in [-0.15, -0.1) is 15.3 Å². The van der Waals surface area contributed by atoms with E-state index in [9.17, 15) is 18.0 Å². The van der Waals surface area contributed by atoms with Crippen LogP contribution >= 0.6 is 0 Å². The second-order valence-electron chi connectivity index (χ2n) is 6.62. The molecule has 1 N–H and O–H groups in total. The van der Waals surface area contributed by atoms with Gasteiger partial charge in [0.15, 0.2) is 5.65 Å². The Morgan fingerprint density at radius 3 is 2.59 bits per heavy atom. The van der Waals surface area contributed by atoms with E-state index in [2.05, 4.69) is 15.3 Å². The van der Waals surface area contributed by atoms with Gasteiger partial charge < -0.3 is 14.7 Å². The van der Waals surface area contributed by atoms with Crippen LogP contribution in [0.3, 0.4) is 0 Å². The lowest BCUT2D eigenvalue weighted by molar-refractivity contribution is -0.146. The van der Waals surface area contributed by atoms with E-state index in [1.807, 2.05) is 4.90 Å². The maximum atomic E-state index is 13.0. The predicted octanol–water partition coefficient (Wildman–Crippen LogP) is 2.89. The number of piperidine rings is 1. The molecule has 152 valence electrons. The molecule has 8 nitrogen and oxygen atoms in total. The summed E-state index contributed by atoms with van der Waals surface area (Å²) in [6.07, 6.45) is -3.54. The van der Waals surface area contributed by atoms with Gasteiger partial charge in [-0.3, -0.25) is 0 Å². The second kappa shape index (κ2) is 7.22. The highest BCUT2D eigenvalue weighted by Crippen LogP contribution is 2.28. The molecule has 2 aromatic heterocycles. The molecule has 0 saturated carbocycles. The topological polar surface area (TPSA) is 92.9 Å². The number of benzene rings is 1. The number of nitrogens with zero attached hydrogens (tertiary/aromatic N) is 5. The number of hydrogen-bond donors (Lipinski definition) is 1. The molecular formula is C18H16F3N5O3. The van der Waals surface area contributed by atoms with Crippen molar-refractivity contribution >= 4 is 17.4 Å². The summed E-state index contributed by atoms with van der Waals surface area (Å²) in [4.78, 5) is 12.9. The fraction of sp³-hybridized carbons (Fsp3) is 0.333. The summed E-state index contributed by atoms with van der Waals surface area (Å²) in [6.45, 7) is 1.07. The number of fused-ring (bicyclic) bond motifs is 1. The van der Waals surface area contributed by atoms with Crippen LogP contribution in [-0.2, 0) is 6.18 Å². The van der Waals surface area contributed by atoms with Gasteiger partial charge in [-0.05, 0) is 30.3 Å². The van der Waals surface area contributed by atoms with Crippen LogP contribution < -0.4 is 9.64 Å². The summed E-state index contributed by atoms with van der Waals surface area (Å²) in [6, 6.07) is 9.32. The van der Waals surface area contributed by atoms with E-state index in [0.29, 0.717) is 42.0 Å². The lowest BCUT2D eigenvalue weighted by Crippen LogP contribution is -2.39. The van der Waals surface area contributed by atoms with Crippen molar-refractivity contribution in [1.29, 1.82) is 0 Å². The molecule has 0 aliphatic carbocycles. The van der Waals surface area contributed by atoms with E-state index in [-0.39, 0.29) is 17.3 Å². The van der Waals surface area contributed by atoms with Crippen LogP contribution in [0.15, 0.2) is 36.4 Å². The van der Waals surface area contributed by atoms with Crippen molar-refractivity contribution in [1.82, 2.24) is 19.8 Å². The summed E-state index contributed by atoms with van der Waals surface area (Å²) in [5, 5.41) is 19.8. The molecule has 0 bridgehead atoms. The smallest absolute Gasteiger partial charge is 0.453 e. The molecule has 0 amide bonds. The van der Waals surface area contributed by atoms with Gasteiger partial charge in [0.1, 0.15) is 17.7 Å². The first kappa shape index (κ1) is 19.0. The zero-order valence-corrected chi connectivity index (χ0v) is 15.0. The van der Waals surface area contributed by atoms with E-state index in [1.165, 1.54) is 18.2 Å². The standard InChI is InChI=1S/C18H16F3N5O3/c19-18(20,21)17-23-22-14-4-5-15(24-26(14)17)25-8-6-12(7-9-25)29-13-3-1-2-11(10-13)16(27)28/h1-5,10,12H,6-9H2,(H,27,28). The molecule has 0 unspecified atom stereocenters. The lowest BCUT2D eigenvalue weighted by atomic mass is 10.1. The molecule has 3 aromatic rings. The Labute approximate surface area is 162 Å². The Kier molecular flexibility index (Phi) is 4.73. The van der Waals surface area contributed by atoms with Crippen LogP contribution in [-0.4, -0.2) is 50.1 Å². The molecule has 1 aromatic carbocycles. The van der Waals surface area contributed by atoms with Crippen molar-refractivity contribution in [2.24, 2.45) is 0 Å². The highest BCUT2D eigenvalue weighted by atomic mass is 19.4. The number of aromatic carboxylic acids is 1. The molecule has 1 aliphatic rings. The molecule has 0 radical (unpaired) electrons. The molecule has 1 fully saturated rings. The summed E-state index contributed by atoms with van der Waals surface area (Å²) in [7, 11) is 0. The first-order chi connectivity index (χ1) is 13.8. The van der Waals surface area contributed by atoms with E-state index >= 15 is 0 Å². The van der Waals surface area contributed by atoms with Crippen molar-refractivity contribution < 1.29 is 27.8 Å². The van der Waals surface area contributed by atoms with Crippen LogP contribution in [0.4, 0.5) is 19.0 Å². The zero-order valence-electron chi connectivity index (χ0n) is 15.0.